The van der Waals surface area contributed by atoms with E-state index in [0.717, 1.165) is 54.0 Å². The number of aryl methyl sites for hydroxylation is 1. The lowest BCUT2D eigenvalue weighted by molar-refractivity contribution is 0.0972. The molecule has 0 fully saturated rings. The van der Waals surface area contributed by atoms with E-state index in [0.29, 0.717) is 13.0 Å². The number of fused-ring (bicyclic) bond motifs is 1. The molecule has 34 heavy (non-hydrogen) atoms. The van der Waals surface area contributed by atoms with E-state index in [1.807, 2.05) is 47.4 Å². The molecule has 4 aromatic rings. The maximum Gasteiger partial charge on any atom is 0.163 e. The molecule has 0 amide bonds. The molecule has 4 nitrogen and oxygen atoms in total. The molecule has 1 aliphatic rings. The Morgan fingerprint density at radius 2 is 1.88 bits per heavy atom. The van der Waals surface area contributed by atoms with Crippen molar-refractivity contribution < 1.29 is 9.53 Å². The van der Waals surface area contributed by atoms with Crippen molar-refractivity contribution in [3.8, 4) is 11.4 Å². The van der Waals surface area contributed by atoms with Crippen LogP contribution < -0.4 is 4.74 Å². The summed E-state index contributed by atoms with van der Waals surface area (Å²) in [7, 11) is 0. The van der Waals surface area contributed by atoms with Crippen molar-refractivity contribution in [1.29, 1.82) is 0 Å². The highest BCUT2D eigenvalue weighted by Crippen LogP contribution is 2.33. The van der Waals surface area contributed by atoms with E-state index in [1.54, 1.807) is 6.20 Å². The monoisotopic (exact) mass is 468 g/mol. The molecule has 172 valence electrons. The van der Waals surface area contributed by atoms with Crippen molar-refractivity contribution in [3.63, 3.8) is 0 Å². The molecule has 0 atom stereocenters. The molecule has 0 saturated heterocycles. The Morgan fingerprint density at radius 3 is 2.74 bits per heavy atom. The quantitative estimate of drug-likeness (QED) is 0.319. The molecule has 1 aromatic heterocycles. The topological polar surface area (TPSA) is 44.1 Å². The summed E-state index contributed by atoms with van der Waals surface area (Å²) in [6.07, 6.45) is 10.6. The molecule has 1 aliphatic carbocycles. The second-order valence-corrected chi connectivity index (χ2v) is 9.23. The first-order valence-electron chi connectivity index (χ1n) is 11.8. The smallest absolute Gasteiger partial charge is 0.163 e. The van der Waals surface area contributed by atoms with Gasteiger partial charge in [-0.05, 0) is 78.3 Å². The molecule has 1 heterocycles. The van der Waals surface area contributed by atoms with Crippen LogP contribution in [-0.4, -0.2) is 21.9 Å². The van der Waals surface area contributed by atoms with Crippen LogP contribution in [0.25, 0.3) is 5.69 Å². The number of nitrogens with zero attached hydrogens (tertiary/aromatic N) is 2. The Hall–Kier alpha value is -3.31. The van der Waals surface area contributed by atoms with Crippen LogP contribution in [0.5, 0.6) is 5.75 Å². The minimum absolute atomic E-state index is 0.251. The summed E-state index contributed by atoms with van der Waals surface area (Å²) in [5.74, 6) is 1.15. The molecule has 3 aromatic carbocycles. The zero-order valence-electron chi connectivity index (χ0n) is 19.1. The van der Waals surface area contributed by atoms with Crippen molar-refractivity contribution in [2.75, 3.05) is 6.61 Å². The molecular weight excluding hydrogens is 440 g/mol. The fourth-order valence-electron chi connectivity index (χ4n) is 4.82. The third-order valence-electron chi connectivity index (χ3n) is 6.50. The van der Waals surface area contributed by atoms with Crippen LogP contribution in [0.4, 0.5) is 0 Å². The Labute approximate surface area is 206 Å². The number of carbonyl (C=O) groups is 1. The summed E-state index contributed by atoms with van der Waals surface area (Å²) in [6.45, 7) is 0.567. The summed E-state index contributed by atoms with van der Waals surface area (Å²) < 4.78 is 8.40. The number of carbonyl (C=O) groups excluding carboxylic acids is 1. The maximum absolute atomic E-state index is 12.6. The number of imidazole rings is 1. The van der Waals surface area contributed by atoms with Crippen LogP contribution in [0.3, 0.4) is 0 Å². The molecule has 0 spiro atoms. The molecule has 5 heteroatoms. The van der Waals surface area contributed by atoms with Crippen LogP contribution in [0.2, 0.25) is 0 Å². The first-order valence-corrected chi connectivity index (χ1v) is 12.3. The van der Waals surface area contributed by atoms with Gasteiger partial charge in [0.25, 0.3) is 0 Å². The average molecular weight is 469 g/mol. The third-order valence-corrected chi connectivity index (χ3v) is 6.77. The highest BCUT2D eigenvalue weighted by Gasteiger charge is 2.22. The highest BCUT2D eigenvalue weighted by molar-refractivity contribution is 7.80. The van der Waals surface area contributed by atoms with Crippen molar-refractivity contribution >= 4 is 18.4 Å². The van der Waals surface area contributed by atoms with Gasteiger partial charge in [0, 0.05) is 41.4 Å². The predicted octanol–water partition coefficient (Wildman–Crippen LogP) is 6.09. The molecule has 0 aliphatic heterocycles. The van der Waals surface area contributed by atoms with E-state index in [2.05, 4.69) is 47.9 Å². The number of aromatic nitrogens is 2. The number of thiol groups is 1. The van der Waals surface area contributed by atoms with Gasteiger partial charge < -0.3 is 9.30 Å². The minimum atomic E-state index is 0.251. The zero-order chi connectivity index (χ0) is 23.3. The van der Waals surface area contributed by atoms with Gasteiger partial charge in [0.15, 0.2) is 5.78 Å². The first kappa shape index (κ1) is 22.5. The maximum atomic E-state index is 12.6. The van der Waals surface area contributed by atoms with Crippen LogP contribution >= 0.6 is 12.6 Å². The second-order valence-electron chi connectivity index (χ2n) is 8.71. The van der Waals surface area contributed by atoms with E-state index in [1.165, 1.54) is 22.3 Å². The van der Waals surface area contributed by atoms with Gasteiger partial charge in [-0.1, -0.05) is 30.3 Å². The van der Waals surface area contributed by atoms with E-state index in [9.17, 15) is 4.79 Å². The fourth-order valence-corrected chi connectivity index (χ4v) is 5.07. The lowest BCUT2D eigenvalue weighted by atomic mass is 9.85. The number of benzene rings is 3. The van der Waals surface area contributed by atoms with Crippen molar-refractivity contribution in [2.24, 2.45) is 0 Å². The zero-order valence-corrected chi connectivity index (χ0v) is 20.0. The van der Waals surface area contributed by atoms with Crippen LogP contribution in [0, 0.1) is 0 Å². The number of ether oxygens (including phenoxy) is 1. The average Bonchev–Trinajstić information content (AvgIpc) is 3.39. The highest BCUT2D eigenvalue weighted by atomic mass is 32.1. The number of ketones is 1. The lowest BCUT2D eigenvalue weighted by Gasteiger charge is -2.22. The Kier molecular flexibility index (Phi) is 6.82. The Morgan fingerprint density at radius 1 is 0.971 bits per heavy atom. The van der Waals surface area contributed by atoms with Crippen LogP contribution in [-0.2, 0) is 25.7 Å². The number of hydrogen-bond donors (Lipinski definition) is 1. The van der Waals surface area contributed by atoms with Gasteiger partial charge in [0.1, 0.15) is 5.75 Å². The van der Waals surface area contributed by atoms with Crippen LogP contribution in [0.1, 0.15) is 45.5 Å². The third kappa shape index (κ3) is 4.95. The van der Waals surface area contributed by atoms with Crippen molar-refractivity contribution in [2.45, 2.75) is 43.4 Å². The standard InChI is InChI=1S/C29H28N2O2S/c32-28-10-4-8-24-25(28)13-14-29(26(24)12-11-21-5-3-7-23(34)19-21)33-18-15-22-6-1-2-9-27(22)31-17-16-30-20-31/h1-3,5-7,9,13-14,16-17,19-20,34H,4,8,10-12,15,18H2. The van der Waals surface area contributed by atoms with Gasteiger partial charge in [0.2, 0.25) is 0 Å². The molecule has 0 bridgehead atoms. The van der Waals surface area contributed by atoms with Crippen molar-refractivity contribution in [3.05, 3.63) is 107 Å². The fraction of sp³-hybridized carbons (Fsp3) is 0.241. The second kappa shape index (κ2) is 10.3. The minimum Gasteiger partial charge on any atom is -0.493 e. The number of para-hydroxylation sites is 1. The van der Waals surface area contributed by atoms with E-state index < -0.39 is 0 Å². The molecule has 0 saturated carbocycles. The van der Waals surface area contributed by atoms with Gasteiger partial charge >= 0.3 is 0 Å². The van der Waals surface area contributed by atoms with Crippen LogP contribution in [0.15, 0.2) is 84.3 Å². The van der Waals surface area contributed by atoms with E-state index in [4.69, 9.17) is 4.74 Å². The van der Waals surface area contributed by atoms with Gasteiger partial charge in [-0.15, -0.1) is 12.6 Å². The summed E-state index contributed by atoms with van der Waals surface area (Å²) in [5.41, 5.74) is 6.80. The summed E-state index contributed by atoms with van der Waals surface area (Å²) in [5, 5.41) is 0. The summed E-state index contributed by atoms with van der Waals surface area (Å²) in [4.78, 5) is 17.7. The molecule has 0 unspecified atom stereocenters. The number of rotatable bonds is 8. The number of hydrogen-bond acceptors (Lipinski definition) is 4. The Balaban J connectivity index is 1.37. The summed E-state index contributed by atoms with van der Waals surface area (Å²) >= 11 is 4.48. The first-order chi connectivity index (χ1) is 16.7. The van der Waals surface area contributed by atoms with E-state index >= 15 is 0 Å². The predicted molar refractivity (Wildman–Crippen MR) is 138 cm³/mol. The van der Waals surface area contributed by atoms with Gasteiger partial charge in [-0.25, -0.2) is 4.98 Å². The molecule has 5 rings (SSSR count). The summed E-state index contributed by atoms with van der Waals surface area (Å²) in [6, 6.07) is 20.6. The number of Topliss-reactive ketones (excluding diaryl/α,β-unsaturated/α-hetero) is 1. The Bertz CT molecular complexity index is 1300. The normalized spacial score (nSPS) is 13.0. The van der Waals surface area contributed by atoms with Gasteiger partial charge in [0.05, 0.1) is 12.9 Å². The molecular formula is C29H28N2O2S. The molecule has 0 N–H and O–H groups in total. The van der Waals surface area contributed by atoms with E-state index in [-0.39, 0.29) is 5.78 Å². The van der Waals surface area contributed by atoms with Crippen molar-refractivity contribution in [1.82, 2.24) is 9.55 Å². The SMILES string of the molecule is O=C1CCCc2c1ccc(OCCc1ccccc1-n1ccnc1)c2CCc1cccc(S)c1. The molecule has 0 radical (unpaired) electrons. The largest absolute Gasteiger partial charge is 0.493 e. The van der Waals surface area contributed by atoms with Gasteiger partial charge in [-0.2, -0.15) is 0 Å². The van der Waals surface area contributed by atoms with Gasteiger partial charge in [-0.3, -0.25) is 4.79 Å². The lowest BCUT2D eigenvalue weighted by Crippen LogP contribution is -2.15.